The van der Waals surface area contributed by atoms with Gasteiger partial charge in [0.15, 0.2) is 11.5 Å². The maximum absolute atomic E-state index is 11.0. The third-order valence-electron chi connectivity index (χ3n) is 3.88. The zero-order valence-corrected chi connectivity index (χ0v) is 13.9. The van der Waals surface area contributed by atoms with Crippen molar-refractivity contribution in [1.29, 1.82) is 0 Å². The molecule has 0 spiro atoms. The summed E-state index contributed by atoms with van der Waals surface area (Å²) >= 11 is 0. The smallest absolute Gasteiger partial charge is 0.264 e. The van der Waals surface area contributed by atoms with Crippen LogP contribution >= 0.6 is 0 Å². The first kappa shape index (κ1) is 15.8. The molecule has 5 nitrogen and oxygen atoms in total. The van der Waals surface area contributed by atoms with Gasteiger partial charge in [0.25, 0.3) is 10.1 Å². The molecule has 0 amide bonds. The summed E-state index contributed by atoms with van der Waals surface area (Å²) in [6.07, 6.45) is 0.333. The number of hydrogen-bond acceptors (Lipinski definition) is 4. The summed E-state index contributed by atoms with van der Waals surface area (Å²) in [6.45, 7) is 4.46. The molecule has 0 saturated carbocycles. The number of hydrogen-bond donors (Lipinski definition) is 1. The Balaban J connectivity index is 1.99. The van der Waals surface area contributed by atoms with Crippen molar-refractivity contribution in [3.8, 4) is 11.5 Å². The van der Waals surface area contributed by atoms with Crippen LogP contribution in [-0.2, 0) is 10.1 Å². The Bertz CT molecular complexity index is 846. The lowest BCUT2D eigenvalue weighted by Gasteiger charge is -2.33. The summed E-state index contributed by atoms with van der Waals surface area (Å²) < 4.78 is 37.0. The minimum absolute atomic E-state index is 0.257. The summed E-state index contributed by atoms with van der Waals surface area (Å²) in [5, 5.41) is 0. The Morgan fingerprint density at radius 1 is 1.13 bits per heavy atom. The third kappa shape index (κ3) is 3.33. The van der Waals surface area contributed by atoms with Crippen molar-refractivity contribution in [1.82, 2.24) is 0 Å². The van der Waals surface area contributed by atoms with Crippen molar-refractivity contribution in [2.24, 2.45) is 0 Å². The molecule has 0 atom stereocenters. The number of benzene rings is 2. The van der Waals surface area contributed by atoms with Crippen LogP contribution in [0.3, 0.4) is 0 Å². The molecule has 3 rings (SSSR count). The Morgan fingerprint density at radius 2 is 1.91 bits per heavy atom. The van der Waals surface area contributed by atoms with Gasteiger partial charge in [0.05, 0.1) is 17.1 Å². The van der Waals surface area contributed by atoms with Gasteiger partial charge in [0, 0.05) is 6.54 Å². The second-order valence-electron chi connectivity index (χ2n) is 5.79. The summed E-state index contributed by atoms with van der Waals surface area (Å²) in [4.78, 5) is 2.05. The molecule has 0 bridgehead atoms. The van der Waals surface area contributed by atoms with E-state index in [0.717, 1.165) is 34.0 Å². The minimum atomic E-state index is -3.95. The van der Waals surface area contributed by atoms with E-state index in [1.165, 1.54) is 0 Å². The van der Waals surface area contributed by atoms with Crippen LogP contribution in [0.2, 0.25) is 0 Å². The molecule has 0 aliphatic carbocycles. The molecule has 0 fully saturated rings. The Kier molecular flexibility index (Phi) is 4.04. The average molecular weight is 333 g/mol. The van der Waals surface area contributed by atoms with Crippen molar-refractivity contribution in [3.63, 3.8) is 0 Å². The SMILES string of the molecule is Cc1ccc2c(c1)Oc1c(C)cccc1N2CCCS(=O)(=O)O. The van der Waals surface area contributed by atoms with Crippen LogP contribution in [0.1, 0.15) is 17.5 Å². The van der Waals surface area contributed by atoms with Gasteiger partial charge >= 0.3 is 0 Å². The number of ether oxygens (including phenoxy) is 1. The minimum Gasteiger partial charge on any atom is -0.453 e. The van der Waals surface area contributed by atoms with Gasteiger partial charge in [-0.05, 0) is 49.6 Å². The summed E-state index contributed by atoms with van der Waals surface area (Å²) in [7, 11) is -3.95. The molecule has 1 aliphatic rings. The topological polar surface area (TPSA) is 66.8 Å². The highest BCUT2D eigenvalue weighted by Gasteiger charge is 2.25. The van der Waals surface area contributed by atoms with E-state index in [0.29, 0.717) is 13.0 Å². The van der Waals surface area contributed by atoms with Crippen molar-refractivity contribution in [2.45, 2.75) is 20.3 Å². The lowest BCUT2D eigenvalue weighted by molar-refractivity contribution is 0.468. The van der Waals surface area contributed by atoms with Crippen molar-refractivity contribution < 1.29 is 17.7 Å². The van der Waals surface area contributed by atoms with Crippen LogP contribution in [0, 0.1) is 13.8 Å². The molecule has 2 aromatic rings. The van der Waals surface area contributed by atoms with Gasteiger partial charge in [0.2, 0.25) is 0 Å². The molecular weight excluding hydrogens is 314 g/mol. The van der Waals surface area contributed by atoms with Crippen LogP contribution in [0.4, 0.5) is 11.4 Å². The van der Waals surface area contributed by atoms with Crippen LogP contribution in [0.25, 0.3) is 0 Å². The molecule has 1 aliphatic heterocycles. The second kappa shape index (κ2) is 5.86. The van der Waals surface area contributed by atoms with Crippen LogP contribution in [0.15, 0.2) is 36.4 Å². The van der Waals surface area contributed by atoms with Gasteiger partial charge in [0.1, 0.15) is 0 Å². The predicted octanol–water partition coefficient (Wildman–Crippen LogP) is 3.83. The number of nitrogens with zero attached hydrogens (tertiary/aromatic N) is 1. The fourth-order valence-electron chi connectivity index (χ4n) is 2.79. The van der Waals surface area contributed by atoms with Crippen LogP contribution < -0.4 is 9.64 Å². The van der Waals surface area contributed by atoms with Gasteiger partial charge < -0.3 is 9.64 Å². The second-order valence-corrected chi connectivity index (χ2v) is 7.36. The van der Waals surface area contributed by atoms with Crippen LogP contribution in [-0.4, -0.2) is 25.3 Å². The lowest BCUT2D eigenvalue weighted by Crippen LogP contribution is -2.24. The van der Waals surface area contributed by atoms with E-state index in [2.05, 4.69) is 0 Å². The summed E-state index contributed by atoms with van der Waals surface area (Å²) in [6, 6.07) is 11.8. The first-order valence-corrected chi connectivity index (χ1v) is 9.07. The number of rotatable bonds is 4. The van der Waals surface area contributed by atoms with Gasteiger partial charge in [-0.3, -0.25) is 4.55 Å². The quantitative estimate of drug-likeness (QED) is 0.862. The Hall–Kier alpha value is -2.05. The first-order valence-electron chi connectivity index (χ1n) is 7.46. The van der Waals surface area contributed by atoms with Gasteiger partial charge in [-0.25, -0.2) is 0 Å². The highest BCUT2D eigenvalue weighted by molar-refractivity contribution is 7.85. The molecule has 1 heterocycles. The lowest BCUT2D eigenvalue weighted by atomic mass is 10.1. The molecule has 1 N–H and O–H groups in total. The fourth-order valence-corrected chi connectivity index (χ4v) is 3.29. The molecule has 23 heavy (non-hydrogen) atoms. The van der Waals surface area contributed by atoms with E-state index in [4.69, 9.17) is 9.29 Å². The highest BCUT2D eigenvalue weighted by Crippen LogP contribution is 2.48. The van der Waals surface area contributed by atoms with E-state index >= 15 is 0 Å². The van der Waals surface area contributed by atoms with E-state index < -0.39 is 10.1 Å². The van der Waals surface area contributed by atoms with Gasteiger partial charge in [-0.15, -0.1) is 0 Å². The van der Waals surface area contributed by atoms with Crippen LogP contribution in [0.5, 0.6) is 11.5 Å². The molecule has 0 aromatic heterocycles. The van der Waals surface area contributed by atoms with Crippen molar-refractivity contribution >= 4 is 21.5 Å². The predicted molar refractivity (Wildman–Crippen MR) is 90.5 cm³/mol. The van der Waals surface area contributed by atoms with E-state index in [9.17, 15) is 8.42 Å². The van der Waals surface area contributed by atoms with E-state index in [1.807, 2.05) is 55.1 Å². The standard InChI is InChI=1S/C17H19NO4S/c1-12-7-8-14-16(11-12)22-17-13(2)5-3-6-15(17)18(14)9-4-10-23(19,20)21/h3,5-8,11H,4,9-10H2,1-2H3,(H,19,20,21). The number of aryl methyl sites for hydroxylation is 2. The molecule has 0 unspecified atom stereocenters. The van der Waals surface area contributed by atoms with Gasteiger partial charge in [-0.1, -0.05) is 18.2 Å². The molecule has 2 aromatic carbocycles. The zero-order chi connectivity index (χ0) is 16.6. The number of anilines is 2. The Labute approximate surface area is 136 Å². The molecule has 122 valence electrons. The normalized spacial score (nSPS) is 13.3. The monoisotopic (exact) mass is 333 g/mol. The maximum Gasteiger partial charge on any atom is 0.264 e. The summed E-state index contributed by atoms with van der Waals surface area (Å²) in [5.74, 6) is 1.29. The van der Waals surface area contributed by atoms with E-state index in [1.54, 1.807) is 0 Å². The van der Waals surface area contributed by atoms with Crippen molar-refractivity contribution in [2.75, 3.05) is 17.2 Å². The number of para-hydroxylation sites is 1. The molecule has 0 radical (unpaired) electrons. The number of fused-ring (bicyclic) bond motifs is 2. The summed E-state index contributed by atoms with van der Waals surface area (Å²) in [5.41, 5.74) is 3.94. The van der Waals surface area contributed by atoms with Gasteiger partial charge in [-0.2, -0.15) is 8.42 Å². The maximum atomic E-state index is 11.0. The van der Waals surface area contributed by atoms with E-state index in [-0.39, 0.29) is 5.75 Å². The molecule has 0 saturated heterocycles. The largest absolute Gasteiger partial charge is 0.453 e. The molecule has 6 heteroatoms. The third-order valence-corrected chi connectivity index (χ3v) is 4.69. The fraction of sp³-hybridized carbons (Fsp3) is 0.294. The van der Waals surface area contributed by atoms with Crippen molar-refractivity contribution in [3.05, 3.63) is 47.5 Å². The zero-order valence-electron chi connectivity index (χ0n) is 13.1. The highest BCUT2D eigenvalue weighted by atomic mass is 32.2. The molecular formula is C17H19NO4S. The Morgan fingerprint density at radius 3 is 2.65 bits per heavy atom. The first-order chi connectivity index (χ1) is 10.8. The average Bonchev–Trinajstić information content (AvgIpc) is 2.46.